The van der Waals surface area contributed by atoms with Crippen molar-refractivity contribution >= 4 is 27.9 Å². The first-order valence-corrected chi connectivity index (χ1v) is 12.9. The molecule has 0 aliphatic rings. The summed E-state index contributed by atoms with van der Waals surface area (Å²) in [5, 5.41) is 0. The fraction of sp³-hybridized carbons (Fsp3) is 0.308. The second-order valence-electron chi connectivity index (χ2n) is 9.20. The summed E-state index contributed by atoms with van der Waals surface area (Å²) in [5.41, 5.74) is 4.09. The normalized spacial score (nSPS) is 12.2. The molecule has 0 aliphatic heterocycles. The van der Waals surface area contributed by atoms with Gasteiger partial charge in [-0.2, -0.15) is 0 Å². The van der Waals surface area contributed by atoms with Crippen molar-refractivity contribution in [1.82, 2.24) is 9.55 Å². The Morgan fingerprint density at radius 1 is 1.09 bits per heavy atom. The molecule has 0 fully saturated rings. The van der Waals surface area contributed by atoms with E-state index < -0.39 is 10.0 Å². The molecule has 0 saturated heterocycles. The molecule has 2 aromatic carbocycles. The number of hydrogen-bond donors (Lipinski definition) is 1. The summed E-state index contributed by atoms with van der Waals surface area (Å²) in [6, 6.07) is 9.12. The molecular weight excluding hydrogens is 466 g/mol. The fourth-order valence-corrected chi connectivity index (χ4v) is 4.31. The third-order valence-electron chi connectivity index (χ3n) is 5.31. The van der Waals surface area contributed by atoms with Crippen LogP contribution in [0.3, 0.4) is 0 Å². The molecule has 1 aromatic heterocycles. The van der Waals surface area contributed by atoms with Crippen molar-refractivity contribution in [2.75, 3.05) is 25.2 Å². The van der Waals surface area contributed by atoms with E-state index in [0.29, 0.717) is 23.7 Å². The highest BCUT2D eigenvalue weighted by Crippen LogP contribution is 2.37. The second-order valence-corrected chi connectivity index (χ2v) is 11.0. The Labute approximate surface area is 206 Å². The topological polar surface area (TPSA) is 99.5 Å². The van der Waals surface area contributed by atoms with Crippen LogP contribution in [0, 0.1) is 0 Å². The first kappa shape index (κ1) is 26.2. The Hall–Kier alpha value is -3.43. The standard InChI is InChI=1S/C26H31N3O5S/c1-26(2,3)23-15-22(29-12-11-27-16-24(29)30)14-19(25(23)34-5)8-7-18-9-10-21(28-35(6,31)32)13-20(18)17-33-4/h7-16,28H,17H2,1-6H3. The molecule has 3 aromatic rings. The van der Waals surface area contributed by atoms with Crippen LogP contribution in [0.2, 0.25) is 0 Å². The predicted octanol–water partition coefficient (Wildman–Crippen LogP) is 4.23. The zero-order valence-electron chi connectivity index (χ0n) is 20.8. The summed E-state index contributed by atoms with van der Waals surface area (Å²) in [5.74, 6) is 0.711. The Bertz CT molecular complexity index is 1400. The summed E-state index contributed by atoms with van der Waals surface area (Å²) >= 11 is 0. The maximum Gasteiger partial charge on any atom is 0.273 e. The van der Waals surface area contributed by atoms with E-state index in [1.807, 2.05) is 30.4 Å². The van der Waals surface area contributed by atoms with Gasteiger partial charge >= 0.3 is 0 Å². The Morgan fingerprint density at radius 3 is 2.40 bits per heavy atom. The number of rotatable bonds is 8. The van der Waals surface area contributed by atoms with Crippen LogP contribution in [0.15, 0.2) is 53.7 Å². The number of anilines is 1. The highest BCUT2D eigenvalue weighted by Gasteiger charge is 2.22. The molecule has 0 unspecified atom stereocenters. The number of hydrogen-bond acceptors (Lipinski definition) is 6. The van der Waals surface area contributed by atoms with Gasteiger partial charge in [0.15, 0.2) is 0 Å². The van der Waals surface area contributed by atoms with E-state index >= 15 is 0 Å². The molecule has 186 valence electrons. The van der Waals surface area contributed by atoms with Crippen molar-refractivity contribution in [3.05, 3.63) is 81.5 Å². The number of methoxy groups -OCH3 is 2. The third-order valence-corrected chi connectivity index (χ3v) is 5.91. The van der Waals surface area contributed by atoms with Crippen molar-refractivity contribution in [1.29, 1.82) is 0 Å². The van der Waals surface area contributed by atoms with E-state index in [1.54, 1.807) is 43.3 Å². The Morgan fingerprint density at radius 2 is 1.80 bits per heavy atom. The predicted molar refractivity (Wildman–Crippen MR) is 140 cm³/mol. The molecule has 3 rings (SSSR count). The van der Waals surface area contributed by atoms with E-state index in [1.165, 1.54) is 6.20 Å². The first-order valence-electron chi connectivity index (χ1n) is 11.0. The van der Waals surface area contributed by atoms with Crippen molar-refractivity contribution in [2.45, 2.75) is 32.8 Å². The maximum atomic E-state index is 12.5. The third kappa shape index (κ3) is 6.58. The number of nitrogens with zero attached hydrogens (tertiary/aromatic N) is 2. The molecule has 35 heavy (non-hydrogen) atoms. The average Bonchev–Trinajstić information content (AvgIpc) is 2.77. The van der Waals surface area contributed by atoms with Crippen molar-refractivity contribution in [2.24, 2.45) is 0 Å². The molecule has 0 saturated carbocycles. The van der Waals surface area contributed by atoms with Crippen LogP contribution in [-0.4, -0.2) is 38.4 Å². The maximum absolute atomic E-state index is 12.5. The van der Waals surface area contributed by atoms with Gasteiger partial charge in [0.2, 0.25) is 10.0 Å². The van der Waals surface area contributed by atoms with Gasteiger partial charge in [0, 0.05) is 42.0 Å². The number of ether oxygens (including phenoxy) is 2. The van der Waals surface area contributed by atoms with Gasteiger partial charge in [0.1, 0.15) is 5.75 Å². The molecule has 9 heteroatoms. The molecule has 0 amide bonds. The van der Waals surface area contributed by atoms with Gasteiger partial charge in [-0.15, -0.1) is 0 Å². The van der Waals surface area contributed by atoms with Crippen LogP contribution < -0.4 is 15.0 Å². The molecule has 1 N–H and O–H groups in total. The zero-order chi connectivity index (χ0) is 25.8. The van der Waals surface area contributed by atoms with Gasteiger partial charge in [-0.25, -0.2) is 8.42 Å². The summed E-state index contributed by atoms with van der Waals surface area (Å²) < 4.78 is 38.4. The van der Waals surface area contributed by atoms with Gasteiger partial charge in [0.25, 0.3) is 5.56 Å². The van der Waals surface area contributed by atoms with Crippen LogP contribution in [-0.2, 0) is 26.8 Å². The van der Waals surface area contributed by atoms with E-state index in [4.69, 9.17) is 9.47 Å². The van der Waals surface area contributed by atoms with Crippen LogP contribution in [0.25, 0.3) is 17.8 Å². The van der Waals surface area contributed by atoms with Crippen LogP contribution in [0.5, 0.6) is 5.75 Å². The molecule has 1 heterocycles. The second kappa shape index (κ2) is 10.5. The highest BCUT2D eigenvalue weighted by atomic mass is 32.2. The van der Waals surface area contributed by atoms with E-state index in [9.17, 15) is 13.2 Å². The molecule has 0 bridgehead atoms. The largest absolute Gasteiger partial charge is 0.496 e. The van der Waals surface area contributed by atoms with Crippen molar-refractivity contribution in [3.8, 4) is 11.4 Å². The number of nitrogens with one attached hydrogen (secondary N) is 1. The van der Waals surface area contributed by atoms with Crippen molar-refractivity contribution < 1.29 is 17.9 Å². The Kier molecular flexibility index (Phi) is 7.82. The summed E-state index contributed by atoms with van der Waals surface area (Å²) in [7, 11) is -0.188. The monoisotopic (exact) mass is 497 g/mol. The molecule has 0 radical (unpaired) electrons. The van der Waals surface area contributed by atoms with Crippen LogP contribution in [0.4, 0.5) is 5.69 Å². The average molecular weight is 498 g/mol. The molecule has 0 spiro atoms. The van der Waals surface area contributed by atoms with E-state index in [0.717, 1.165) is 28.5 Å². The molecule has 0 aliphatic carbocycles. The first-order chi connectivity index (χ1) is 16.4. The van der Waals surface area contributed by atoms with Crippen LogP contribution in [0.1, 0.15) is 43.0 Å². The van der Waals surface area contributed by atoms with E-state index in [2.05, 4.69) is 30.5 Å². The number of sulfonamides is 1. The van der Waals surface area contributed by atoms with Gasteiger partial charge in [-0.3, -0.25) is 19.1 Å². The lowest BCUT2D eigenvalue weighted by Crippen LogP contribution is -2.19. The smallest absolute Gasteiger partial charge is 0.273 e. The number of aromatic nitrogens is 2. The molecule has 8 nitrogen and oxygen atoms in total. The minimum absolute atomic E-state index is 0.233. The fourth-order valence-electron chi connectivity index (χ4n) is 3.75. The van der Waals surface area contributed by atoms with Crippen LogP contribution >= 0.6 is 0 Å². The minimum atomic E-state index is -3.40. The lowest BCUT2D eigenvalue weighted by Gasteiger charge is -2.25. The molecular formula is C26H31N3O5S. The lowest BCUT2D eigenvalue weighted by atomic mass is 9.84. The summed E-state index contributed by atoms with van der Waals surface area (Å²) in [4.78, 5) is 16.4. The van der Waals surface area contributed by atoms with Gasteiger partial charge < -0.3 is 9.47 Å². The summed E-state index contributed by atoms with van der Waals surface area (Å²) in [6.45, 7) is 6.56. The Balaban J connectivity index is 2.15. The SMILES string of the molecule is COCc1cc(NS(C)(=O)=O)ccc1C=Cc1cc(-n2ccncc2=O)cc(C(C)(C)C)c1OC. The minimum Gasteiger partial charge on any atom is -0.496 e. The highest BCUT2D eigenvalue weighted by molar-refractivity contribution is 7.92. The van der Waals surface area contributed by atoms with Gasteiger partial charge in [0.05, 0.1) is 26.2 Å². The zero-order valence-corrected chi connectivity index (χ0v) is 21.6. The van der Waals surface area contributed by atoms with Gasteiger partial charge in [-0.1, -0.05) is 39.0 Å². The van der Waals surface area contributed by atoms with E-state index in [-0.39, 0.29) is 11.0 Å². The van der Waals surface area contributed by atoms with Crippen molar-refractivity contribution in [3.63, 3.8) is 0 Å². The number of benzene rings is 2. The quantitative estimate of drug-likeness (QED) is 0.468. The molecule has 0 atom stereocenters. The van der Waals surface area contributed by atoms with Gasteiger partial charge in [-0.05, 0) is 40.8 Å². The summed E-state index contributed by atoms with van der Waals surface area (Å²) in [6.07, 6.45) is 9.43. The lowest BCUT2D eigenvalue weighted by molar-refractivity contribution is 0.185.